The van der Waals surface area contributed by atoms with Crippen LogP contribution in [0.5, 0.6) is 0 Å². The fraction of sp³-hybridized carbons (Fsp3) is 0.261. The molecule has 0 unspecified atom stereocenters. The maximum atomic E-state index is 12.8. The molecule has 29 heavy (non-hydrogen) atoms. The Morgan fingerprint density at radius 3 is 2.38 bits per heavy atom. The molecule has 4 rings (SSSR count). The van der Waals surface area contributed by atoms with Crippen molar-refractivity contribution in [1.29, 1.82) is 0 Å². The summed E-state index contributed by atoms with van der Waals surface area (Å²) in [6.07, 6.45) is 5.23. The van der Waals surface area contributed by atoms with Crippen LogP contribution in [0.2, 0.25) is 0 Å². The highest BCUT2D eigenvalue weighted by Gasteiger charge is 2.22. The number of hydrogen-bond acceptors (Lipinski definition) is 5. The zero-order valence-electron chi connectivity index (χ0n) is 16.4. The molecule has 1 aliphatic heterocycles. The molecule has 3 aromatic rings. The predicted octanol–water partition coefficient (Wildman–Crippen LogP) is 3.05. The summed E-state index contributed by atoms with van der Waals surface area (Å²) in [5, 5.41) is 3.25. The summed E-state index contributed by atoms with van der Waals surface area (Å²) < 4.78 is 0. The number of rotatable bonds is 6. The number of carbonyl (C=O) groups is 1. The van der Waals surface area contributed by atoms with E-state index in [-0.39, 0.29) is 5.91 Å². The van der Waals surface area contributed by atoms with E-state index in [4.69, 9.17) is 0 Å². The van der Waals surface area contributed by atoms with Crippen molar-refractivity contribution < 1.29 is 4.79 Å². The van der Waals surface area contributed by atoms with E-state index in [0.29, 0.717) is 12.1 Å². The van der Waals surface area contributed by atoms with Crippen LogP contribution in [0.1, 0.15) is 21.5 Å². The van der Waals surface area contributed by atoms with Crippen molar-refractivity contribution in [2.24, 2.45) is 0 Å². The second-order valence-electron chi connectivity index (χ2n) is 7.20. The van der Waals surface area contributed by atoms with Gasteiger partial charge in [-0.25, -0.2) is 4.98 Å². The van der Waals surface area contributed by atoms with E-state index in [0.717, 1.165) is 44.1 Å². The van der Waals surface area contributed by atoms with Gasteiger partial charge in [0.1, 0.15) is 5.82 Å². The van der Waals surface area contributed by atoms with Crippen LogP contribution < -0.4 is 5.32 Å². The summed E-state index contributed by atoms with van der Waals surface area (Å²) in [7, 11) is 0. The number of aromatic nitrogens is 2. The summed E-state index contributed by atoms with van der Waals surface area (Å²) in [4.78, 5) is 25.6. The topological polar surface area (TPSA) is 61.4 Å². The molecule has 1 fully saturated rings. The summed E-state index contributed by atoms with van der Waals surface area (Å²) in [5.41, 5.74) is 3.03. The van der Waals surface area contributed by atoms with Crippen LogP contribution in [0.4, 0.5) is 5.82 Å². The normalized spacial score (nSPS) is 14.6. The highest BCUT2D eigenvalue weighted by atomic mass is 16.2. The third-order valence-electron chi connectivity index (χ3n) is 5.12. The molecule has 0 saturated carbocycles. The smallest absolute Gasteiger partial charge is 0.255 e. The standard InChI is InChI=1S/C23H25N5O/c29-23(28-13-11-27(12-14-28)18-19-5-2-1-3-6-19)21-8-9-22(26-17-21)25-16-20-7-4-10-24-15-20/h1-10,15,17H,11-14,16,18H2,(H,25,26). The molecule has 0 aliphatic carbocycles. The quantitative estimate of drug-likeness (QED) is 0.704. The lowest BCUT2D eigenvalue weighted by Gasteiger charge is -2.34. The first-order valence-corrected chi connectivity index (χ1v) is 9.92. The predicted molar refractivity (Wildman–Crippen MR) is 113 cm³/mol. The van der Waals surface area contributed by atoms with E-state index in [9.17, 15) is 4.79 Å². The van der Waals surface area contributed by atoms with Crippen LogP contribution >= 0.6 is 0 Å². The minimum atomic E-state index is 0.0515. The van der Waals surface area contributed by atoms with E-state index in [1.807, 2.05) is 41.4 Å². The SMILES string of the molecule is O=C(c1ccc(NCc2cccnc2)nc1)N1CCN(Cc2ccccc2)CC1. The Balaban J connectivity index is 1.27. The molecule has 1 aliphatic rings. The molecule has 0 spiro atoms. The zero-order valence-corrected chi connectivity index (χ0v) is 16.4. The van der Waals surface area contributed by atoms with Crippen LogP contribution in [-0.2, 0) is 13.1 Å². The van der Waals surface area contributed by atoms with Gasteiger partial charge in [-0.2, -0.15) is 0 Å². The Hall–Kier alpha value is -3.25. The molecule has 0 atom stereocenters. The number of nitrogens with zero attached hydrogens (tertiary/aromatic N) is 4. The van der Waals surface area contributed by atoms with Crippen molar-refractivity contribution in [2.75, 3.05) is 31.5 Å². The Morgan fingerprint density at radius 1 is 0.897 bits per heavy atom. The van der Waals surface area contributed by atoms with Gasteiger partial charge in [0.05, 0.1) is 5.56 Å². The number of piperazine rings is 1. The molecule has 6 heteroatoms. The largest absolute Gasteiger partial charge is 0.366 e. The van der Waals surface area contributed by atoms with E-state index >= 15 is 0 Å². The second-order valence-corrected chi connectivity index (χ2v) is 7.20. The van der Waals surface area contributed by atoms with Gasteiger partial charge < -0.3 is 10.2 Å². The average Bonchev–Trinajstić information content (AvgIpc) is 2.79. The minimum absolute atomic E-state index is 0.0515. The van der Waals surface area contributed by atoms with Gasteiger partial charge in [-0.3, -0.25) is 14.7 Å². The third kappa shape index (κ3) is 5.18. The molecule has 148 valence electrons. The summed E-state index contributed by atoms with van der Waals surface area (Å²) >= 11 is 0. The van der Waals surface area contributed by atoms with Crippen molar-refractivity contribution >= 4 is 11.7 Å². The summed E-state index contributed by atoms with van der Waals surface area (Å²) in [6.45, 7) is 4.84. The Labute approximate surface area is 171 Å². The Morgan fingerprint density at radius 2 is 1.69 bits per heavy atom. The van der Waals surface area contributed by atoms with Gasteiger partial charge in [0, 0.05) is 57.9 Å². The van der Waals surface area contributed by atoms with Crippen molar-refractivity contribution in [1.82, 2.24) is 19.8 Å². The highest BCUT2D eigenvalue weighted by molar-refractivity contribution is 5.94. The van der Waals surface area contributed by atoms with Crippen molar-refractivity contribution in [3.05, 3.63) is 89.9 Å². The van der Waals surface area contributed by atoms with Crippen molar-refractivity contribution in [3.8, 4) is 0 Å². The zero-order chi connectivity index (χ0) is 19.9. The first-order valence-electron chi connectivity index (χ1n) is 9.92. The molecule has 6 nitrogen and oxygen atoms in total. The van der Waals surface area contributed by atoms with Gasteiger partial charge in [0.2, 0.25) is 0 Å². The number of carbonyl (C=O) groups excluding carboxylic acids is 1. The van der Waals surface area contributed by atoms with E-state index in [2.05, 4.69) is 44.5 Å². The number of anilines is 1. The first-order chi connectivity index (χ1) is 14.3. The van der Waals surface area contributed by atoms with Crippen LogP contribution in [0.15, 0.2) is 73.2 Å². The van der Waals surface area contributed by atoms with Gasteiger partial charge in [-0.05, 0) is 29.3 Å². The molecular weight excluding hydrogens is 362 g/mol. The molecular formula is C23H25N5O. The minimum Gasteiger partial charge on any atom is -0.366 e. The van der Waals surface area contributed by atoms with Crippen LogP contribution in [0.25, 0.3) is 0 Å². The maximum Gasteiger partial charge on any atom is 0.255 e. The first kappa shape index (κ1) is 19.1. The highest BCUT2D eigenvalue weighted by Crippen LogP contribution is 2.13. The number of pyridine rings is 2. The van der Waals surface area contributed by atoms with E-state index < -0.39 is 0 Å². The lowest BCUT2D eigenvalue weighted by Crippen LogP contribution is -2.48. The molecule has 1 N–H and O–H groups in total. The van der Waals surface area contributed by atoms with Crippen LogP contribution in [0, 0.1) is 0 Å². The summed E-state index contributed by atoms with van der Waals surface area (Å²) in [5.74, 6) is 0.800. The lowest BCUT2D eigenvalue weighted by molar-refractivity contribution is 0.0628. The van der Waals surface area contributed by atoms with Gasteiger partial charge in [0.15, 0.2) is 0 Å². The maximum absolute atomic E-state index is 12.8. The molecule has 2 aromatic heterocycles. The number of hydrogen-bond donors (Lipinski definition) is 1. The van der Waals surface area contributed by atoms with Gasteiger partial charge >= 0.3 is 0 Å². The molecule has 3 heterocycles. The molecule has 1 amide bonds. The lowest BCUT2D eigenvalue weighted by atomic mass is 10.2. The number of amides is 1. The fourth-order valence-electron chi connectivity index (χ4n) is 3.45. The number of benzene rings is 1. The molecule has 0 radical (unpaired) electrons. The van der Waals surface area contributed by atoms with Crippen LogP contribution in [0.3, 0.4) is 0 Å². The van der Waals surface area contributed by atoms with E-state index in [1.54, 1.807) is 12.4 Å². The second kappa shape index (κ2) is 9.30. The van der Waals surface area contributed by atoms with Gasteiger partial charge in [-0.15, -0.1) is 0 Å². The average molecular weight is 387 g/mol. The van der Waals surface area contributed by atoms with Crippen molar-refractivity contribution in [3.63, 3.8) is 0 Å². The number of nitrogens with one attached hydrogen (secondary N) is 1. The fourth-order valence-corrected chi connectivity index (χ4v) is 3.45. The van der Waals surface area contributed by atoms with Crippen LogP contribution in [-0.4, -0.2) is 51.9 Å². The molecule has 0 bridgehead atoms. The molecule has 1 saturated heterocycles. The molecule has 1 aromatic carbocycles. The monoisotopic (exact) mass is 387 g/mol. The Bertz CT molecular complexity index is 907. The van der Waals surface area contributed by atoms with E-state index in [1.165, 1.54) is 5.56 Å². The van der Waals surface area contributed by atoms with Gasteiger partial charge in [0.25, 0.3) is 5.91 Å². The summed E-state index contributed by atoms with van der Waals surface area (Å²) in [6, 6.07) is 18.1. The van der Waals surface area contributed by atoms with Gasteiger partial charge in [-0.1, -0.05) is 36.4 Å². The Kier molecular flexibility index (Phi) is 6.12. The van der Waals surface area contributed by atoms with Crippen molar-refractivity contribution in [2.45, 2.75) is 13.1 Å². The third-order valence-corrected chi connectivity index (χ3v) is 5.12.